The number of benzene rings is 9. The van der Waals surface area contributed by atoms with Crippen LogP contribution in [0, 0.1) is 20.2 Å². The van der Waals surface area contributed by atoms with E-state index in [0.29, 0.717) is 48.3 Å². The molecule has 2 heterocycles. The van der Waals surface area contributed by atoms with E-state index >= 15 is 0 Å². The van der Waals surface area contributed by atoms with E-state index in [0.717, 1.165) is 83.9 Å². The summed E-state index contributed by atoms with van der Waals surface area (Å²) in [6.07, 6.45) is 5.59. The van der Waals surface area contributed by atoms with Crippen LogP contribution < -0.4 is 29.4 Å². The van der Waals surface area contributed by atoms with Crippen molar-refractivity contribution in [1.82, 2.24) is 19.6 Å². The van der Waals surface area contributed by atoms with Crippen LogP contribution in [0.1, 0.15) is 357 Å². The first-order valence-corrected chi connectivity index (χ1v) is 49.0. The number of nitrogens with zero attached hydrogens (tertiary/aromatic N) is 7. The standard InChI is InChI=1S/C22H28N2O3.C22H28N2O.C21H26N2O.C15H23NO3.C15H25NO.C15H24O.C6H15O3P.2CH4/c1-21(2,3)16-12-17(22(4,5)6)20(27-7)18(13-16)23-14-15-10-8-9-11-19(15)24(25)26;1-21(2,3)16-12-17(22(4,5)6)20(25-7)19(13-16)24-14-15-10-8-9-11-18(15)23-24;1-20(2,3)15-11-16(21(4,5)6)19(24)18(12-15)23-13-14-9-7-8-10-17(14)22-23;1-14(2,3)10-8-11(15(4,5)6)13(19-7)12(9-10)16(17)18;1-14(2,3)10-8-11(15(4,5)6)13(17-7)12(16)9-10;1-14(2,3)11-8-9-13(16-7)12(10-11)15(4,5)6;1-4-7-10(8-5-2)9-6-3;;/h8-14H,1-7H3;8-14H,1-7H3;7-13,24H,1-6H3;8-9H,1-7H3;8-9H,16H2,1-7H3;8-10H,1-7H3;4-6H2,1-3H3;2*1H4. The molecule has 21 nitrogen and oxygen atoms in total. The number of fused-ring (bicyclic) bond motifs is 2. The molecule has 0 saturated heterocycles. The Kier molecular flexibility index (Phi) is 43.5. The van der Waals surface area contributed by atoms with Gasteiger partial charge in [-0.3, -0.25) is 25.2 Å². The first-order chi connectivity index (χ1) is 63.2. The predicted molar refractivity (Wildman–Crippen MR) is 593 cm³/mol. The number of nitro groups is 2. The smallest absolute Gasteiger partial charge is 0.332 e. The number of methoxy groups -OCH3 is 5. The molecule has 0 radical (unpaired) electrons. The van der Waals surface area contributed by atoms with Crippen LogP contribution in [0.15, 0.2) is 169 Å². The number of hydrogen-bond acceptors (Lipinski definition) is 17. The second kappa shape index (κ2) is 49.3. The van der Waals surface area contributed by atoms with Gasteiger partial charge in [0.25, 0.3) is 5.69 Å². The van der Waals surface area contributed by atoms with Crippen molar-refractivity contribution in [2.24, 2.45) is 4.99 Å². The van der Waals surface area contributed by atoms with Gasteiger partial charge in [0.05, 0.1) is 87.5 Å². The van der Waals surface area contributed by atoms with Crippen LogP contribution in [0.25, 0.3) is 33.2 Å². The first-order valence-electron chi connectivity index (χ1n) is 47.9. The molecule has 0 fully saturated rings. The number of aromatic nitrogens is 4. The molecule has 0 aliphatic carbocycles. The Labute approximate surface area is 844 Å². The summed E-state index contributed by atoms with van der Waals surface area (Å²) in [7, 11) is 7.21. The number of aliphatic imine (C=N–C) groups is 1. The minimum Gasteiger partial charge on any atom is -0.505 e. The number of nitro benzene ring substituents is 2. The molecule has 0 amide bonds. The Morgan fingerprint density at radius 3 is 1.04 bits per heavy atom. The molecule has 0 bridgehead atoms. The third kappa shape index (κ3) is 34.3. The Morgan fingerprint density at radius 1 is 0.357 bits per heavy atom. The number of para-hydroxylation sites is 1. The van der Waals surface area contributed by atoms with Gasteiger partial charge < -0.3 is 48.1 Å². The van der Waals surface area contributed by atoms with Crippen molar-refractivity contribution in [1.29, 1.82) is 0 Å². The lowest BCUT2D eigenvalue weighted by Gasteiger charge is -2.28. The zero-order chi connectivity index (χ0) is 105. The average molecular weight is 1950 g/mol. The van der Waals surface area contributed by atoms with Gasteiger partial charge in [-0.25, -0.2) is 9.36 Å². The minimum absolute atomic E-state index is 0. The fourth-order valence-corrected chi connectivity index (χ4v) is 15.6. The molecule has 0 aliphatic rings. The van der Waals surface area contributed by atoms with Gasteiger partial charge in [0, 0.05) is 69.3 Å². The van der Waals surface area contributed by atoms with Gasteiger partial charge >= 0.3 is 14.3 Å². The summed E-state index contributed by atoms with van der Waals surface area (Å²) in [5, 5.41) is 45.1. The van der Waals surface area contributed by atoms with Crippen molar-refractivity contribution in [3.63, 3.8) is 0 Å². The molecule has 140 heavy (non-hydrogen) atoms. The molecule has 772 valence electrons. The van der Waals surface area contributed by atoms with Crippen LogP contribution in [-0.2, 0) is 78.6 Å². The summed E-state index contributed by atoms with van der Waals surface area (Å²) in [5.74, 6) is 4.07. The molecule has 2 aromatic heterocycles. The van der Waals surface area contributed by atoms with E-state index < -0.39 is 13.5 Å². The summed E-state index contributed by atoms with van der Waals surface area (Å²) < 4.78 is 46.9. The van der Waals surface area contributed by atoms with Crippen molar-refractivity contribution in [2.45, 2.75) is 350 Å². The zero-order valence-electron chi connectivity index (χ0n) is 92.3. The lowest BCUT2D eigenvalue weighted by Crippen LogP contribution is -2.19. The molecule has 0 aliphatic heterocycles. The second-order valence-corrected chi connectivity index (χ2v) is 48.5. The topological polar surface area (TPSA) is 254 Å². The number of nitrogens with two attached hydrogens (primary N) is 1. The molecule has 22 heteroatoms. The summed E-state index contributed by atoms with van der Waals surface area (Å²) in [6, 6.07) is 50.0. The van der Waals surface area contributed by atoms with Gasteiger partial charge in [0.15, 0.2) is 0 Å². The molecule has 3 N–H and O–H groups in total. The number of aromatic hydroxyl groups is 1. The monoisotopic (exact) mass is 1950 g/mol. The summed E-state index contributed by atoms with van der Waals surface area (Å²) in [5.41, 5.74) is 25.2. The molecular formula is C118H177N8O13P. The van der Waals surface area contributed by atoms with Gasteiger partial charge in [-0.15, -0.1) is 0 Å². The van der Waals surface area contributed by atoms with Crippen molar-refractivity contribution in [3.8, 4) is 45.9 Å². The molecule has 0 saturated carbocycles. The molecule has 11 aromatic rings. The summed E-state index contributed by atoms with van der Waals surface area (Å²) in [6.45, 7) is 85.6. The van der Waals surface area contributed by atoms with E-state index in [1.807, 2.05) is 134 Å². The fraction of sp³-hybridized carbons (Fsp3) is 0.517. The summed E-state index contributed by atoms with van der Waals surface area (Å²) >= 11 is 0. The zero-order valence-corrected chi connectivity index (χ0v) is 93.2. The molecule has 0 atom stereocenters. The maximum Gasteiger partial charge on any atom is 0.332 e. The van der Waals surface area contributed by atoms with Gasteiger partial charge in [0.2, 0.25) is 5.75 Å². The lowest BCUT2D eigenvalue weighted by molar-refractivity contribution is -0.386. The predicted octanol–water partition coefficient (Wildman–Crippen LogP) is 32.9. The van der Waals surface area contributed by atoms with Crippen LogP contribution in [-0.4, -0.2) is 96.1 Å². The minimum atomic E-state index is -1.06. The lowest BCUT2D eigenvalue weighted by atomic mass is 9.79. The SMILES string of the molecule is C.C.CC(C)(C)c1cc(-n2cc3ccccc3n2)c(O)c(C(C)(C)C)c1.CCOP(OCC)OCC.COc1c(-n2cc3ccccc3n2)cc(C(C)(C)C)cc1C(C)(C)C.COc1c(N)cc(C(C)(C)C)cc1C(C)(C)C.COc1c(N=Cc2ccccc2[N+](=O)[O-])cc(C(C)(C)C)cc1C(C)(C)C.COc1c([N+](=O)[O-])cc(C(C)(C)C)cc1C(C)(C)C.COc1ccc(C(C)(C)C)cc1C(C)(C)C. The molecule has 9 aromatic carbocycles. The largest absolute Gasteiger partial charge is 0.505 e. The highest BCUT2D eigenvalue weighted by Gasteiger charge is 2.35. The quantitative estimate of drug-likeness (QED) is 0.0282. The van der Waals surface area contributed by atoms with Crippen LogP contribution in [0.4, 0.5) is 22.7 Å². The number of ether oxygens (including phenoxy) is 5. The van der Waals surface area contributed by atoms with Crippen molar-refractivity contribution < 1.29 is 52.2 Å². The third-order valence-electron chi connectivity index (χ3n) is 23.2. The van der Waals surface area contributed by atoms with Crippen LogP contribution >= 0.6 is 8.60 Å². The highest BCUT2D eigenvalue weighted by molar-refractivity contribution is 7.41. The van der Waals surface area contributed by atoms with Gasteiger partial charge in [0.1, 0.15) is 45.8 Å². The summed E-state index contributed by atoms with van der Waals surface area (Å²) in [4.78, 5) is 26.3. The van der Waals surface area contributed by atoms with Crippen LogP contribution in [0.5, 0.6) is 34.5 Å². The molecular weight excluding hydrogens is 1770 g/mol. The maximum absolute atomic E-state index is 11.3. The number of nitrogen functional groups attached to an aromatic ring is 1. The van der Waals surface area contributed by atoms with Crippen molar-refractivity contribution >= 4 is 59.4 Å². The number of phenols is 1. The fourth-order valence-electron chi connectivity index (χ4n) is 14.8. The molecule has 11 rings (SSSR count). The number of anilines is 1. The van der Waals surface area contributed by atoms with E-state index in [-0.39, 0.29) is 96.1 Å². The average Bonchev–Trinajstić information content (AvgIpc) is 1.67. The first kappa shape index (κ1) is 123. The second-order valence-electron chi connectivity index (χ2n) is 47.3. The number of phenolic OH excluding ortho intramolecular Hbond substituents is 1. The Hall–Kier alpha value is -10.7. The van der Waals surface area contributed by atoms with E-state index in [1.54, 1.807) is 57.4 Å². The number of hydrogen-bond donors (Lipinski definition) is 2. The highest BCUT2D eigenvalue weighted by atomic mass is 31.2. The number of rotatable bonds is 17. The highest BCUT2D eigenvalue weighted by Crippen LogP contribution is 2.48. The van der Waals surface area contributed by atoms with E-state index in [9.17, 15) is 25.3 Å². The Balaban J connectivity index is 0.000000426. The van der Waals surface area contributed by atoms with Crippen LogP contribution in [0.2, 0.25) is 0 Å². The van der Waals surface area contributed by atoms with E-state index in [2.05, 4.69) is 285 Å². The maximum atomic E-state index is 11.3. The van der Waals surface area contributed by atoms with E-state index in [4.69, 9.17) is 48.1 Å². The van der Waals surface area contributed by atoms with Crippen LogP contribution in [0.3, 0.4) is 0 Å². The third-order valence-corrected chi connectivity index (χ3v) is 24.6. The Morgan fingerprint density at radius 2 is 0.679 bits per heavy atom. The van der Waals surface area contributed by atoms with Crippen molar-refractivity contribution in [2.75, 3.05) is 61.1 Å². The normalized spacial score (nSPS) is 12.3. The van der Waals surface area contributed by atoms with E-state index in [1.165, 1.54) is 58.3 Å². The molecule has 0 unspecified atom stereocenters. The van der Waals surface area contributed by atoms with Crippen molar-refractivity contribution in [3.05, 3.63) is 257 Å². The van der Waals surface area contributed by atoms with Gasteiger partial charge in [-0.1, -0.05) is 355 Å². The van der Waals surface area contributed by atoms with Gasteiger partial charge in [-0.05, 0) is 173 Å². The Bertz CT molecular complexity index is 5830. The molecule has 0 spiro atoms. The van der Waals surface area contributed by atoms with Gasteiger partial charge in [-0.2, -0.15) is 10.2 Å².